The summed E-state index contributed by atoms with van der Waals surface area (Å²) >= 11 is 0. The number of rotatable bonds is 8. The summed E-state index contributed by atoms with van der Waals surface area (Å²) in [5, 5.41) is 21.9. The molecule has 0 aromatic heterocycles. The van der Waals surface area contributed by atoms with Crippen LogP contribution in [0.25, 0.3) is 0 Å². The molecule has 1 heterocycles. The predicted molar refractivity (Wildman–Crippen MR) is 136 cm³/mol. The number of aliphatic hydroxyl groups excluding tert-OH is 1. The molecule has 0 radical (unpaired) electrons. The maximum absolute atomic E-state index is 11.0. The second-order valence-corrected chi connectivity index (χ2v) is 11.9. The first-order valence-corrected chi connectivity index (χ1v) is 12.3. The van der Waals surface area contributed by atoms with Crippen LogP contribution in [0.3, 0.4) is 0 Å². The van der Waals surface area contributed by atoms with Crippen molar-refractivity contribution in [1.82, 2.24) is 0 Å². The van der Waals surface area contributed by atoms with Gasteiger partial charge in [-0.05, 0) is 40.2 Å². The lowest BCUT2D eigenvalue weighted by Crippen LogP contribution is -2.50. The Labute approximate surface area is 204 Å². The standard InChI is InChI=1S/C28H41N2O4/c1-27(2,3)22-11-14-26(25(17-22)28(4,5)6)34-20-24(31)19-30(15-7-8-16-30)18-21-9-12-23(13-10-21)29(32)33/h9-14,17,24,31H,7-8,15-16,18-20H2,1-6H3/q+1. The second-order valence-electron chi connectivity index (χ2n) is 11.9. The Kier molecular flexibility index (Phi) is 7.73. The van der Waals surface area contributed by atoms with Gasteiger partial charge in [0.15, 0.2) is 0 Å². The van der Waals surface area contributed by atoms with Crippen LogP contribution in [0.15, 0.2) is 42.5 Å². The van der Waals surface area contributed by atoms with Crippen molar-refractivity contribution in [3.8, 4) is 5.75 Å². The zero-order valence-corrected chi connectivity index (χ0v) is 21.6. The van der Waals surface area contributed by atoms with Crippen LogP contribution in [0.2, 0.25) is 0 Å². The Balaban J connectivity index is 1.70. The molecule has 1 unspecified atom stereocenters. The van der Waals surface area contributed by atoms with Gasteiger partial charge in [0.05, 0.1) is 18.0 Å². The Morgan fingerprint density at radius 1 is 1.00 bits per heavy atom. The van der Waals surface area contributed by atoms with E-state index in [9.17, 15) is 15.2 Å². The van der Waals surface area contributed by atoms with Crippen LogP contribution in [-0.4, -0.2) is 46.9 Å². The fourth-order valence-corrected chi connectivity index (χ4v) is 4.92. The van der Waals surface area contributed by atoms with Crippen LogP contribution >= 0.6 is 0 Å². The minimum atomic E-state index is -0.591. The van der Waals surface area contributed by atoms with E-state index in [0.29, 0.717) is 6.54 Å². The summed E-state index contributed by atoms with van der Waals surface area (Å²) in [5.74, 6) is 0.836. The Bertz CT molecular complexity index is 981. The Hall–Kier alpha value is -2.44. The zero-order valence-electron chi connectivity index (χ0n) is 21.6. The Morgan fingerprint density at radius 2 is 1.62 bits per heavy atom. The lowest BCUT2D eigenvalue weighted by atomic mass is 9.80. The number of aliphatic hydroxyl groups is 1. The molecule has 0 saturated carbocycles. The fourth-order valence-electron chi connectivity index (χ4n) is 4.92. The van der Waals surface area contributed by atoms with Crippen molar-refractivity contribution in [2.24, 2.45) is 0 Å². The summed E-state index contributed by atoms with van der Waals surface area (Å²) in [5.41, 5.74) is 3.59. The molecule has 186 valence electrons. The van der Waals surface area contributed by atoms with Crippen molar-refractivity contribution in [3.63, 3.8) is 0 Å². The molecule has 0 bridgehead atoms. The van der Waals surface area contributed by atoms with Crippen LogP contribution in [0.1, 0.15) is 71.1 Å². The maximum Gasteiger partial charge on any atom is 0.269 e. The van der Waals surface area contributed by atoms with Crippen LogP contribution in [0.4, 0.5) is 5.69 Å². The normalized spacial score (nSPS) is 16.9. The minimum absolute atomic E-state index is 0.0578. The van der Waals surface area contributed by atoms with Crippen molar-refractivity contribution in [1.29, 1.82) is 0 Å². The first-order valence-electron chi connectivity index (χ1n) is 12.3. The van der Waals surface area contributed by atoms with E-state index in [1.165, 1.54) is 5.56 Å². The highest BCUT2D eigenvalue weighted by Crippen LogP contribution is 2.35. The number of non-ortho nitro benzene ring substituents is 1. The summed E-state index contributed by atoms with van der Waals surface area (Å²) in [6, 6.07) is 13.2. The van der Waals surface area contributed by atoms with Gasteiger partial charge in [0.2, 0.25) is 0 Å². The molecule has 1 atom stereocenters. The zero-order chi connectivity index (χ0) is 25.1. The summed E-state index contributed by atoms with van der Waals surface area (Å²) in [7, 11) is 0. The number of hydrogen-bond donors (Lipinski definition) is 1. The molecule has 2 aromatic rings. The predicted octanol–water partition coefficient (Wildman–Crippen LogP) is 5.74. The van der Waals surface area contributed by atoms with Gasteiger partial charge in [-0.15, -0.1) is 0 Å². The highest BCUT2D eigenvalue weighted by Gasteiger charge is 2.35. The van der Waals surface area contributed by atoms with E-state index in [0.717, 1.165) is 53.8 Å². The molecule has 0 amide bonds. The van der Waals surface area contributed by atoms with Gasteiger partial charge >= 0.3 is 0 Å². The van der Waals surface area contributed by atoms with Crippen LogP contribution in [0.5, 0.6) is 5.75 Å². The van der Waals surface area contributed by atoms with E-state index in [-0.39, 0.29) is 28.0 Å². The lowest BCUT2D eigenvalue weighted by Gasteiger charge is -2.36. The molecule has 34 heavy (non-hydrogen) atoms. The molecular weight excluding hydrogens is 428 g/mol. The van der Waals surface area contributed by atoms with E-state index in [2.05, 4.69) is 53.7 Å². The lowest BCUT2D eigenvalue weighted by molar-refractivity contribution is -0.932. The molecule has 1 saturated heterocycles. The van der Waals surface area contributed by atoms with Gasteiger partial charge < -0.3 is 14.3 Å². The summed E-state index contributed by atoms with van der Waals surface area (Å²) in [6.07, 6.45) is 1.66. The van der Waals surface area contributed by atoms with Gasteiger partial charge in [0, 0.05) is 30.5 Å². The van der Waals surface area contributed by atoms with Gasteiger partial charge in [-0.1, -0.05) is 53.7 Å². The average molecular weight is 470 g/mol. The number of ether oxygens (including phenoxy) is 1. The number of nitrogens with zero attached hydrogens (tertiary/aromatic N) is 2. The Morgan fingerprint density at radius 3 is 2.15 bits per heavy atom. The first-order chi connectivity index (χ1) is 15.8. The number of likely N-dealkylation sites (tertiary alicyclic amines) is 1. The smallest absolute Gasteiger partial charge is 0.269 e. The molecular formula is C28H41N2O4+. The van der Waals surface area contributed by atoms with Crippen molar-refractivity contribution in [2.45, 2.75) is 77.9 Å². The molecule has 6 heteroatoms. The van der Waals surface area contributed by atoms with Gasteiger partial charge in [0.25, 0.3) is 5.69 Å². The molecule has 3 rings (SSSR count). The topological polar surface area (TPSA) is 72.6 Å². The summed E-state index contributed by atoms with van der Waals surface area (Å²) < 4.78 is 6.99. The average Bonchev–Trinajstić information content (AvgIpc) is 3.19. The maximum atomic E-state index is 11.0. The van der Waals surface area contributed by atoms with Crippen molar-refractivity contribution in [3.05, 3.63) is 69.3 Å². The third-order valence-corrected chi connectivity index (χ3v) is 6.86. The van der Waals surface area contributed by atoms with Gasteiger partial charge in [-0.3, -0.25) is 10.1 Å². The van der Waals surface area contributed by atoms with E-state index in [4.69, 9.17) is 4.74 Å². The third kappa shape index (κ3) is 6.57. The monoisotopic (exact) mass is 469 g/mol. The molecule has 0 aliphatic carbocycles. The SMILES string of the molecule is CC(C)(C)c1ccc(OCC(O)C[N+]2(Cc3ccc([N+](=O)[O-])cc3)CCCC2)c(C(C)(C)C)c1. The van der Waals surface area contributed by atoms with E-state index in [1.807, 2.05) is 18.2 Å². The molecule has 2 aromatic carbocycles. The summed E-state index contributed by atoms with van der Waals surface area (Å²) in [6.45, 7) is 16.8. The molecule has 1 N–H and O–H groups in total. The van der Waals surface area contributed by atoms with Crippen LogP contribution in [-0.2, 0) is 17.4 Å². The minimum Gasteiger partial charge on any atom is -0.490 e. The number of nitro groups is 1. The molecule has 1 aliphatic heterocycles. The highest BCUT2D eigenvalue weighted by molar-refractivity contribution is 5.43. The van der Waals surface area contributed by atoms with Gasteiger partial charge in [-0.2, -0.15) is 0 Å². The number of nitro benzene ring substituents is 1. The van der Waals surface area contributed by atoms with Gasteiger partial charge in [0.1, 0.15) is 31.5 Å². The molecule has 1 fully saturated rings. The largest absolute Gasteiger partial charge is 0.490 e. The number of hydrogen-bond acceptors (Lipinski definition) is 4. The quantitative estimate of drug-likeness (QED) is 0.304. The molecule has 6 nitrogen and oxygen atoms in total. The summed E-state index contributed by atoms with van der Waals surface area (Å²) in [4.78, 5) is 10.6. The van der Waals surface area contributed by atoms with Crippen LogP contribution in [0, 0.1) is 10.1 Å². The van der Waals surface area contributed by atoms with Crippen molar-refractivity contribution < 1.29 is 19.2 Å². The number of benzene rings is 2. The van der Waals surface area contributed by atoms with E-state index in [1.54, 1.807) is 12.1 Å². The van der Waals surface area contributed by atoms with Gasteiger partial charge in [-0.25, -0.2) is 0 Å². The second kappa shape index (κ2) is 10.0. The molecule has 1 aliphatic rings. The highest BCUT2D eigenvalue weighted by atomic mass is 16.6. The van der Waals surface area contributed by atoms with E-state index >= 15 is 0 Å². The van der Waals surface area contributed by atoms with Crippen molar-refractivity contribution in [2.75, 3.05) is 26.2 Å². The third-order valence-electron chi connectivity index (χ3n) is 6.86. The van der Waals surface area contributed by atoms with E-state index < -0.39 is 6.10 Å². The fraction of sp³-hybridized carbons (Fsp3) is 0.571. The number of quaternary nitrogens is 1. The molecule has 0 spiro atoms. The first kappa shape index (κ1) is 26.2. The van der Waals surface area contributed by atoms with Crippen molar-refractivity contribution >= 4 is 5.69 Å². The van der Waals surface area contributed by atoms with Crippen LogP contribution < -0.4 is 4.74 Å².